The summed E-state index contributed by atoms with van der Waals surface area (Å²) in [6.45, 7) is 0. The van der Waals surface area contributed by atoms with Gasteiger partial charge in [0.25, 0.3) is 5.91 Å². The number of aromatic nitrogens is 2. The van der Waals surface area contributed by atoms with Gasteiger partial charge in [-0.1, -0.05) is 23.2 Å². The highest BCUT2D eigenvalue weighted by Crippen LogP contribution is 2.37. The van der Waals surface area contributed by atoms with Gasteiger partial charge in [-0.2, -0.15) is 17.9 Å². The van der Waals surface area contributed by atoms with Crippen LogP contribution in [-0.4, -0.2) is 20.6 Å². The quantitative estimate of drug-likeness (QED) is 0.478. The Morgan fingerprint density at radius 2 is 1.96 bits per heavy atom. The zero-order chi connectivity index (χ0) is 19.1. The van der Waals surface area contributed by atoms with Crippen LogP contribution in [0.25, 0.3) is 0 Å². The Bertz CT molecular complexity index is 882. The number of nitrogens with zero attached hydrogens (tertiary/aromatic N) is 3. The van der Waals surface area contributed by atoms with Gasteiger partial charge in [0.1, 0.15) is 5.82 Å². The summed E-state index contributed by atoms with van der Waals surface area (Å²) in [4.78, 5) is 21.9. The molecule has 1 aromatic heterocycles. The molecule has 134 valence electrons. The number of aryl methyl sites for hydroxylation is 1. The molecule has 1 amide bonds. The number of hydrogen-bond donors (Lipinski definition) is 1. The fourth-order valence-electron chi connectivity index (χ4n) is 1.89. The van der Waals surface area contributed by atoms with Crippen LogP contribution in [-0.2, 0) is 13.2 Å². The molecule has 0 saturated carbocycles. The lowest BCUT2D eigenvalue weighted by Crippen LogP contribution is -2.18. The van der Waals surface area contributed by atoms with E-state index in [9.17, 15) is 32.5 Å². The molecule has 0 unspecified atom stereocenters. The number of carbonyl (C=O) groups excluding carboxylic acids is 1. The number of nitro groups is 1. The minimum atomic E-state index is -4.88. The molecule has 0 atom stereocenters. The number of alkyl halides is 3. The first-order valence-corrected chi connectivity index (χ1v) is 6.93. The number of carbonyl (C=O) groups is 1. The monoisotopic (exact) mass is 400 g/mol. The molecule has 0 spiro atoms. The first-order chi connectivity index (χ1) is 11.4. The molecule has 25 heavy (non-hydrogen) atoms. The topological polar surface area (TPSA) is 90.1 Å². The number of nitrogens with one attached hydrogen (secondary N) is 1. The molecule has 0 aliphatic carbocycles. The van der Waals surface area contributed by atoms with Crippen molar-refractivity contribution in [3.8, 4) is 0 Å². The molecule has 0 fully saturated rings. The molecule has 0 saturated heterocycles. The van der Waals surface area contributed by atoms with Gasteiger partial charge >= 0.3 is 12.0 Å². The summed E-state index contributed by atoms with van der Waals surface area (Å²) in [7, 11) is 1.15. The highest BCUT2D eigenvalue weighted by molar-refractivity contribution is 6.36. The van der Waals surface area contributed by atoms with E-state index in [1.54, 1.807) is 0 Å². The number of halogens is 6. The maximum Gasteiger partial charge on any atom is 0.417 e. The third-order valence-corrected chi connectivity index (χ3v) is 3.63. The Kier molecular flexibility index (Phi) is 4.91. The number of amides is 1. The summed E-state index contributed by atoms with van der Waals surface area (Å²) in [5.74, 6) is -3.26. The van der Waals surface area contributed by atoms with Gasteiger partial charge in [-0.15, -0.1) is 0 Å². The number of benzene rings is 1. The van der Waals surface area contributed by atoms with Crippen molar-refractivity contribution in [2.75, 3.05) is 5.32 Å². The minimum absolute atomic E-state index is 0.300. The van der Waals surface area contributed by atoms with Gasteiger partial charge in [0.15, 0.2) is 10.7 Å². The van der Waals surface area contributed by atoms with Gasteiger partial charge in [0.05, 0.1) is 28.4 Å². The standard InChI is InChI=1S/C12H6Cl2F4N4O3/c1-21-9(8(14)10(20-21)22(24)25)11(23)19-7-2-4(12(16,17)18)5(13)3-6(7)15/h2-3H,1H3,(H,19,23). The fraction of sp³-hybridized carbons (Fsp3) is 0.167. The van der Waals surface area contributed by atoms with Crippen molar-refractivity contribution in [1.29, 1.82) is 0 Å². The Labute approximate surface area is 146 Å². The van der Waals surface area contributed by atoms with Gasteiger partial charge in [-0.05, 0) is 17.1 Å². The summed E-state index contributed by atoms with van der Waals surface area (Å²) >= 11 is 11.0. The molecule has 7 nitrogen and oxygen atoms in total. The Balaban J connectivity index is 2.44. The predicted octanol–water partition coefficient (Wildman–Crippen LogP) is 4.05. The molecule has 13 heteroatoms. The summed E-state index contributed by atoms with van der Waals surface area (Å²) in [6.07, 6.45) is -4.88. The van der Waals surface area contributed by atoms with Crippen molar-refractivity contribution in [2.45, 2.75) is 6.18 Å². The van der Waals surface area contributed by atoms with E-state index in [1.165, 1.54) is 0 Å². The summed E-state index contributed by atoms with van der Waals surface area (Å²) in [6, 6.07) is 0.682. The molecule has 1 heterocycles. The predicted molar refractivity (Wildman–Crippen MR) is 79.2 cm³/mol. The Morgan fingerprint density at radius 1 is 1.36 bits per heavy atom. The number of anilines is 1. The minimum Gasteiger partial charge on any atom is -0.358 e. The normalized spacial score (nSPS) is 11.5. The SMILES string of the molecule is Cn1nc([N+](=O)[O-])c(Cl)c1C(=O)Nc1cc(C(F)(F)F)c(Cl)cc1F. The van der Waals surface area contributed by atoms with E-state index in [2.05, 4.69) is 5.10 Å². The van der Waals surface area contributed by atoms with Crippen LogP contribution in [0.1, 0.15) is 16.1 Å². The lowest BCUT2D eigenvalue weighted by Gasteiger charge is -2.12. The van der Waals surface area contributed by atoms with Crippen LogP contribution in [0, 0.1) is 15.9 Å². The number of hydrogen-bond acceptors (Lipinski definition) is 4. The highest BCUT2D eigenvalue weighted by Gasteiger charge is 2.35. The molecule has 1 aromatic carbocycles. The average Bonchev–Trinajstić information content (AvgIpc) is 2.75. The first-order valence-electron chi connectivity index (χ1n) is 6.18. The lowest BCUT2D eigenvalue weighted by atomic mass is 10.1. The molecular formula is C12H6Cl2F4N4O3. The van der Waals surface area contributed by atoms with E-state index in [0.29, 0.717) is 12.1 Å². The van der Waals surface area contributed by atoms with E-state index in [4.69, 9.17) is 23.2 Å². The van der Waals surface area contributed by atoms with Crippen molar-refractivity contribution in [2.24, 2.45) is 7.05 Å². The van der Waals surface area contributed by atoms with E-state index < -0.39 is 55.6 Å². The second-order valence-corrected chi connectivity index (χ2v) is 5.42. The van der Waals surface area contributed by atoms with E-state index in [-0.39, 0.29) is 0 Å². The molecule has 1 N–H and O–H groups in total. The van der Waals surface area contributed by atoms with Crippen LogP contribution < -0.4 is 5.32 Å². The molecule has 0 aliphatic heterocycles. The molecular weight excluding hydrogens is 395 g/mol. The zero-order valence-electron chi connectivity index (χ0n) is 12.0. The molecule has 2 aromatic rings. The fourth-order valence-corrected chi connectivity index (χ4v) is 2.46. The summed E-state index contributed by atoms with van der Waals surface area (Å²) in [5, 5.41) is 14.4. The van der Waals surface area contributed by atoms with Gasteiger partial charge in [-0.3, -0.25) is 4.79 Å². The second kappa shape index (κ2) is 6.48. The summed E-state index contributed by atoms with van der Waals surface area (Å²) < 4.78 is 53.0. The van der Waals surface area contributed by atoms with E-state index in [0.717, 1.165) is 11.7 Å². The summed E-state index contributed by atoms with van der Waals surface area (Å²) in [5.41, 5.74) is -2.73. The van der Waals surface area contributed by atoms with E-state index in [1.807, 2.05) is 5.32 Å². The highest BCUT2D eigenvalue weighted by atomic mass is 35.5. The van der Waals surface area contributed by atoms with Crippen LogP contribution in [0.5, 0.6) is 0 Å². The van der Waals surface area contributed by atoms with Crippen LogP contribution in [0.3, 0.4) is 0 Å². The van der Waals surface area contributed by atoms with Crippen LogP contribution in [0.2, 0.25) is 10.0 Å². The average molecular weight is 401 g/mol. The van der Waals surface area contributed by atoms with Gasteiger partial charge < -0.3 is 15.4 Å². The zero-order valence-corrected chi connectivity index (χ0v) is 13.5. The molecule has 2 rings (SSSR count). The van der Waals surface area contributed by atoms with E-state index >= 15 is 0 Å². The second-order valence-electron chi connectivity index (χ2n) is 4.63. The Morgan fingerprint density at radius 3 is 2.44 bits per heavy atom. The molecule has 0 radical (unpaired) electrons. The third kappa shape index (κ3) is 3.66. The smallest absolute Gasteiger partial charge is 0.358 e. The lowest BCUT2D eigenvalue weighted by molar-refractivity contribution is -0.389. The van der Waals surface area contributed by atoms with Crippen molar-refractivity contribution in [3.05, 3.63) is 49.4 Å². The third-order valence-electron chi connectivity index (χ3n) is 2.97. The first kappa shape index (κ1) is 18.9. The number of rotatable bonds is 3. The molecule has 0 bridgehead atoms. The van der Waals surface area contributed by atoms with Gasteiger partial charge in [-0.25, -0.2) is 4.39 Å². The van der Waals surface area contributed by atoms with Crippen molar-refractivity contribution < 1.29 is 27.3 Å². The van der Waals surface area contributed by atoms with Crippen molar-refractivity contribution in [1.82, 2.24) is 9.78 Å². The van der Waals surface area contributed by atoms with Gasteiger partial charge in [0.2, 0.25) is 0 Å². The van der Waals surface area contributed by atoms with Crippen LogP contribution in [0.15, 0.2) is 12.1 Å². The van der Waals surface area contributed by atoms with Crippen LogP contribution >= 0.6 is 23.2 Å². The van der Waals surface area contributed by atoms with Crippen molar-refractivity contribution >= 4 is 40.6 Å². The largest absolute Gasteiger partial charge is 0.417 e. The van der Waals surface area contributed by atoms with Gasteiger partial charge in [0, 0.05) is 0 Å². The van der Waals surface area contributed by atoms with Crippen molar-refractivity contribution in [3.63, 3.8) is 0 Å². The Hall–Kier alpha value is -2.40. The maximum absolute atomic E-state index is 13.8. The van der Waals surface area contributed by atoms with Crippen LogP contribution in [0.4, 0.5) is 29.1 Å². The molecule has 0 aliphatic rings. The maximum atomic E-state index is 13.8.